The number of urea groups is 1. The van der Waals surface area contributed by atoms with Crippen molar-refractivity contribution in [1.29, 1.82) is 0 Å². The summed E-state index contributed by atoms with van der Waals surface area (Å²) in [7, 11) is 0. The Morgan fingerprint density at radius 3 is 2.65 bits per heavy atom. The van der Waals surface area contributed by atoms with Crippen LogP contribution in [0.4, 0.5) is 4.79 Å². The number of carbonyl (C=O) groups excluding carboxylic acids is 3. The lowest BCUT2D eigenvalue weighted by Gasteiger charge is -2.33. The molecule has 4 amide bonds. The maximum absolute atomic E-state index is 12.8. The summed E-state index contributed by atoms with van der Waals surface area (Å²) in [6.45, 7) is 3.68. The number of halogens is 1. The lowest BCUT2D eigenvalue weighted by atomic mass is 9.77. The molecule has 1 aliphatic heterocycles. The fraction of sp³-hybridized carbons (Fsp3) is 0.526. The molecule has 1 aromatic rings. The highest BCUT2D eigenvalue weighted by atomic mass is 35.5. The van der Waals surface area contributed by atoms with Crippen molar-refractivity contribution in [2.45, 2.75) is 51.1 Å². The zero-order chi connectivity index (χ0) is 18.9. The highest BCUT2D eigenvalue weighted by Gasteiger charge is 2.52. The van der Waals surface area contributed by atoms with E-state index < -0.39 is 11.6 Å². The molecule has 2 aliphatic rings. The minimum Gasteiger partial charge on any atom is -0.348 e. The smallest absolute Gasteiger partial charge is 0.325 e. The van der Waals surface area contributed by atoms with E-state index in [4.69, 9.17) is 11.6 Å². The van der Waals surface area contributed by atoms with Gasteiger partial charge in [0.1, 0.15) is 12.1 Å². The molecule has 1 unspecified atom stereocenters. The number of hydrogen-bond acceptors (Lipinski definition) is 3. The summed E-state index contributed by atoms with van der Waals surface area (Å²) in [5.41, 5.74) is -0.0319. The molecule has 140 valence electrons. The molecule has 2 N–H and O–H groups in total. The molecule has 6 nitrogen and oxygen atoms in total. The average molecular weight is 378 g/mol. The first kappa shape index (κ1) is 18.7. The predicted octanol–water partition coefficient (Wildman–Crippen LogP) is 3.02. The van der Waals surface area contributed by atoms with Gasteiger partial charge in [0.25, 0.3) is 5.91 Å². The van der Waals surface area contributed by atoms with Crippen LogP contribution in [0.15, 0.2) is 24.3 Å². The molecular formula is C19H24ClN3O3. The molecule has 3 rings (SSSR count). The van der Waals surface area contributed by atoms with E-state index in [0.717, 1.165) is 23.3 Å². The predicted molar refractivity (Wildman–Crippen MR) is 98.6 cm³/mol. The molecule has 26 heavy (non-hydrogen) atoms. The Balaban J connectivity index is 1.63. The second kappa shape index (κ2) is 7.27. The number of amides is 4. The zero-order valence-electron chi connectivity index (χ0n) is 15.0. The first-order valence-electron chi connectivity index (χ1n) is 9.00. The Hall–Kier alpha value is -2.08. The number of nitrogens with zero attached hydrogens (tertiary/aromatic N) is 1. The van der Waals surface area contributed by atoms with Crippen molar-refractivity contribution >= 4 is 29.4 Å². The molecule has 1 aliphatic carbocycles. The molecule has 1 saturated heterocycles. The maximum Gasteiger partial charge on any atom is 0.325 e. The zero-order valence-corrected chi connectivity index (χ0v) is 15.8. The second-order valence-electron chi connectivity index (χ2n) is 7.40. The largest absolute Gasteiger partial charge is 0.348 e. The summed E-state index contributed by atoms with van der Waals surface area (Å²) in [5, 5.41) is 6.19. The van der Waals surface area contributed by atoms with Crippen molar-refractivity contribution in [2.24, 2.45) is 5.92 Å². The van der Waals surface area contributed by atoms with Crippen LogP contribution in [0, 0.1) is 5.92 Å². The first-order chi connectivity index (χ1) is 12.3. The lowest BCUT2D eigenvalue weighted by molar-refractivity contribution is -0.136. The molecule has 0 bridgehead atoms. The monoisotopic (exact) mass is 377 g/mol. The van der Waals surface area contributed by atoms with Gasteiger partial charge in [-0.2, -0.15) is 0 Å². The third kappa shape index (κ3) is 3.56. The molecule has 1 saturated carbocycles. The Kier molecular flexibility index (Phi) is 5.23. The number of nitrogens with one attached hydrogen (secondary N) is 2. The Morgan fingerprint density at radius 2 is 2.00 bits per heavy atom. The fourth-order valence-electron chi connectivity index (χ4n) is 3.75. The summed E-state index contributed by atoms with van der Waals surface area (Å²) in [6.07, 6.45) is 3.06. The lowest BCUT2D eigenvalue weighted by Crippen LogP contribution is -2.50. The molecule has 1 spiro atoms. The van der Waals surface area contributed by atoms with Gasteiger partial charge in [-0.25, -0.2) is 4.79 Å². The SMILES string of the molecule is CC1CCC2(CC1)NC(=O)N(CC(=O)NC(C)c1ccccc1Cl)C2=O. The molecule has 0 aromatic heterocycles. The highest BCUT2D eigenvalue weighted by molar-refractivity contribution is 6.31. The Bertz CT molecular complexity index is 728. The highest BCUT2D eigenvalue weighted by Crippen LogP contribution is 2.36. The normalized spacial score (nSPS) is 26.7. The minimum atomic E-state index is -0.821. The van der Waals surface area contributed by atoms with E-state index in [1.165, 1.54) is 0 Å². The van der Waals surface area contributed by atoms with Crippen molar-refractivity contribution in [3.63, 3.8) is 0 Å². The van der Waals surface area contributed by atoms with E-state index in [-0.39, 0.29) is 24.4 Å². The summed E-state index contributed by atoms with van der Waals surface area (Å²) in [4.78, 5) is 38.5. The molecular weight excluding hydrogens is 354 g/mol. The van der Waals surface area contributed by atoms with Crippen LogP contribution in [0.3, 0.4) is 0 Å². The van der Waals surface area contributed by atoms with Gasteiger partial charge in [-0.05, 0) is 50.2 Å². The van der Waals surface area contributed by atoms with Gasteiger partial charge in [0.2, 0.25) is 5.91 Å². The molecule has 1 atom stereocenters. The third-order valence-corrected chi connectivity index (χ3v) is 5.77. The van der Waals surface area contributed by atoms with Gasteiger partial charge in [0, 0.05) is 5.02 Å². The van der Waals surface area contributed by atoms with Crippen molar-refractivity contribution in [3.05, 3.63) is 34.9 Å². The molecule has 0 radical (unpaired) electrons. The van der Waals surface area contributed by atoms with Gasteiger partial charge in [0.05, 0.1) is 6.04 Å². The summed E-state index contributed by atoms with van der Waals surface area (Å²) >= 11 is 6.15. The maximum atomic E-state index is 12.8. The van der Waals surface area contributed by atoms with Crippen LogP contribution in [0.2, 0.25) is 5.02 Å². The molecule has 1 heterocycles. The third-order valence-electron chi connectivity index (χ3n) is 5.42. The van der Waals surface area contributed by atoms with Crippen LogP contribution >= 0.6 is 11.6 Å². The number of rotatable bonds is 4. The molecule has 2 fully saturated rings. The minimum absolute atomic E-state index is 0.281. The number of imide groups is 1. The summed E-state index contributed by atoms with van der Waals surface area (Å²) < 4.78 is 0. The summed E-state index contributed by atoms with van der Waals surface area (Å²) in [5.74, 6) is -0.115. The van der Waals surface area contributed by atoms with Crippen molar-refractivity contribution < 1.29 is 14.4 Å². The first-order valence-corrected chi connectivity index (χ1v) is 9.38. The van der Waals surface area contributed by atoms with Crippen LogP contribution in [0.25, 0.3) is 0 Å². The van der Waals surface area contributed by atoms with E-state index >= 15 is 0 Å². The number of hydrogen-bond donors (Lipinski definition) is 2. The van der Waals surface area contributed by atoms with Gasteiger partial charge < -0.3 is 10.6 Å². The Morgan fingerprint density at radius 1 is 1.35 bits per heavy atom. The number of benzene rings is 1. The van der Waals surface area contributed by atoms with Crippen molar-refractivity contribution in [1.82, 2.24) is 15.5 Å². The molecule has 1 aromatic carbocycles. The van der Waals surface area contributed by atoms with E-state index in [0.29, 0.717) is 23.8 Å². The van der Waals surface area contributed by atoms with E-state index in [9.17, 15) is 14.4 Å². The van der Waals surface area contributed by atoms with E-state index in [2.05, 4.69) is 17.6 Å². The van der Waals surface area contributed by atoms with Gasteiger partial charge in [-0.15, -0.1) is 0 Å². The van der Waals surface area contributed by atoms with Crippen LogP contribution in [-0.4, -0.2) is 34.8 Å². The second-order valence-corrected chi connectivity index (χ2v) is 7.80. The van der Waals surface area contributed by atoms with E-state index in [1.54, 1.807) is 6.07 Å². The van der Waals surface area contributed by atoms with Crippen molar-refractivity contribution in [2.75, 3.05) is 6.54 Å². The van der Waals surface area contributed by atoms with Gasteiger partial charge in [-0.3, -0.25) is 14.5 Å². The van der Waals surface area contributed by atoms with Crippen LogP contribution in [-0.2, 0) is 9.59 Å². The standard InChI is InChI=1S/C19H24ClN3O3/c1-12-7-9-19(10-8-12)17(25)23(18(26)22-19)11-16(24)21-13(2)14-5-3-4-6-15(14)20/h3-6,12-13H,7-11H2,1-2H3,(H,21,24)(H,22,26). The topological polar surface area (TPSA) is 78.5 Å². The van der Waals surface area contributed by atoms with Crippen LogP contribution < -0.4 is 10.6 Å². The van der Waals surface area contributed by atoms with Crippen LogP contribution in [0.5, 0.6) is 0 Å². The van der Waals surface area contributed by atoms with Gasteiger partial charge in [-0.1, -0.05) is 36.7 Å². The van der Waals surface area contributed by atoms with Crippen molar-refractivity contribution in [3.8, 4) is 0 Å². The van der Waals surface area contributed by atoms with Gasteiger partial charge in [0.15, 0.2) is 0 Å². The van der Waals surface area contributed by atoms with E-state index in [1.807, 2.05) is 25.1 Å². The molecule has 7 heteroatoms. The summed E-state index contributed by atoms with van der Waals surface area (Å²) in [6, 6.07) is 6.45. The Labute approximate surface area is 158 Å². The van der Waals surface area contributed by atoms with Gasteiger partial charge >= 0.3 is 6.03 Å². The van der Waals surface area contributed by atoms with Crippen LogP contribution in [0.1, 0.15) is 51.1 Å². The average Bonchev–Trinajstić information content (AvgIpc) is 2.82. The fourth-order valence-corrected chi connectivity index (χ4v) is 4.05. The quantitative estimate of drug-likeness (QED) is 0.791. The number of carbonyl (C=O) groups is 3.